The van der Waals surface area contributed by atoms with E-state index in [2.05, 4.69) is 12.2 Å². The van der Waals surface area contributed by atoms with Crippen LogP contribution in [0.1, 0.15) is 69.2 Å². The third-order valence-electron chi connectivity index (χ3n) is 3.83. The molecule has 0 unspecified atom stereocenters. The Morgan fingerprint density at radius 1 is 1.12 bits per heavy atom. The van der Waals surface area contributed by atoms with Gasteiger partial charge in [-0.05, 0) is 36.4 Å². The minimum absolute atomic E-state index is 0.0300. The van der Waals surface area contributed by atoms with Gasteiger partial charge in [0.25, 0.3) is 0 Å². The summed E-state index contributed by atoms with van der Waals surface area (Å²) in [6.07, 6.45) is 10.7. The maximum atomic E-state index is 11.8. The quantitative estimate of drug-likeness (QED) is 0.322. The molecule has 0 radical (unpaired) electrons. The van der Waals surface area contributed by atoms with Gasteiger partial charge in [0.05, 0.1) is 6.42 Å². The monoisotopic (exact) mass is 363 g/mol. The van der Waals surface area contributed by atoms with Gasteiger partial charge in [-0.2, -0.15) is 0 Å². The van der Waals surface area contributed by atoms with Crippen LogP contribution in [-0.2, 0) is 20.8 Å². The van der Waals surface area contributed by atoms with Crippen LogP contribution in [0.15, 0.2) is 17.5 Å². The molecular formula is C20H29NO3S. The number of rotatable bonds is 13. The first kappa shape index (κ1) is 21.3. The zero-order valence-corrected chi connectivity index (χ0v) is 16.1. The van der Waals surface area contributed by atoms with Crippen molar-refractivity contribution in [3.8, 4) is 0 Å². The van der Waals surface area contributed by atoms with Gasteiger partial charge >= 0.3 is 0 Å². The molecule has 0 aliphatic rings. The molecule has 1 heterocycles. The largest absolute Gasteiger partial charge is 0.353 e. The Morgan fingerprint density at radius 3 is 2.56 bits per heavy atom. The van der Waals surface area contributed by atoms with Crippen molar-refractivity contribution in [1.82, 2.24) is 5.32 Å². The van der Waals surface area contributed by atoms with E-state index in [1.165, 1.54) is 50.0 Å². The molecule has 1 rings (SSSR count). The molecule has 0 aliphatic heterocycles. The predicted octanol–water partition coefficient (Wildman–Crippen LogP) is 4.33. The zero-order valence-electron chi connectivity index (χ0n) is 15.3. The lowest BCUT2D eigenvalue weighted by molar-refractivity contribution is -0.125. The van der Waals surface area contributed by atoms with E-state index in [-0.39, 0.29) is 30.3 Å². The van der Waals surface area contributed by atoms with E-state index in [1.54, 1.807) is 6.08 Å². The van der Waals surface area contributed by atoms with E-state index in [0.717, 1.165) is 23.3 Å². The zero-order chi connectivity index (χ0) is 18.5. The Kier molecular flexibility index (Phi) is 10.7. The fraction of sp³-hybridized carbons (Fsp3) is 0.550. The van der Waals surface area contributed by atoms with Crippen molar-refractivity contribution in [3.05, 3.63) is 28.0 Å². The van der Waals surface area contributed by atoms with E-state index in [4.69, 9.17) is 0 Å². The summed E-state index contributed by atoms with van der Waals surface area (Å²) >= 11 is 1.49. The maximum absolute atomic E-state index is 11.8. The van der Waals surface area contributed by atoms with Crippen molar-refractivity contribution in [1.29, 1.82) is 0 Å². The minimum Gasteiger partial charge on any atom is -0.353 e. The topological polar surface area (TPSA) is 63.2 Å². The van der Waals surface area contributed by atoms with Crippen molar-refractivity contribution in [2.45, 2.75) is 65.2 Å². The van der Waals surface area contributed by atoms with Gasteiger partial charge in [0.15, 0.2) is 0 Å². The summed E-state index contributed by atoms with van der Waals surface area (Å²) in [4.78, 5) is 35.5. The molecule has 1 N–H and O–H groups in total. The van der Waals surface area contributed by atoms with Gasteiger partial charge in [-0.15, -0.1) is 11.3 Å². The van der Waals surface area contributed by atoms with Gasteiger partial charge in [-0.3, -0.25) is 14.4 Å². The highest BCUT2D eigenvalue weighted by Gasteiger charge is 2.10. The Labute approximate surface area is 154 Å². The fourth-order valence-electron chi connectivity index (χ4n) is 2.52. The van der Waals surface area contributed by atoms with Crippen LogP contribution in [0.25, 0.3) is 6.08 Å². The molecule has 1 aromatic rings. The number of Topliss-reactive ketones (excluding diaryl/α,β-unsaturated/α-hetero) is 2. The summed E-state index contributed by atoms with van der Waals surface area (Å²) < 4.78 is 0. The second-order valence-electron chi connectivity index (χ2n) is 6.30. The van der Waals surface area contributed by atoms with E-state index in [0.29, 0.717) is 6.54 Å². The molecule has 0 aliphatic carbocycles. The Morgan fingerprint density at radius 2 is 1.84 bits per heavy atom. The second-order valence-corrected chi connectivity index (χ2v) is 7.24. The molecule has 25 heavy (non-hydrogen) atoms. The van der Waals surface area contributed by atoms with Gasteiger partial charge in [0.1, 0.15) is 11.6 Å². The highest BCUT2D eigenvalue weighted by molar-refractivity contribution is 7.11. The van der Waals surface area contributed by atoms with E-state index in [9.17, 15) is 14.4 Å². The molecule has 0 aromatic carbocycles. The van der Waals surface area contributed by atoms with Gasteiger partial charge in [-0.1, -0.05) is 39.0 Å². The lowest BCUT2D eigenvalue weighted by atomic mass is 10.1. The Bertz CT molecular complexity index is 590. The van der Waals surface area contributed by atoms with Crippen LogP contribution in [0.5, 0.6) is 0 Å². The van der Waals surface area contributed by atoms with Crippen LogP contribution in [0, 0.1) is 0 Å². The third kappa shape index (κ3) is 9.97. The summed E-state index contributed by atoms with van der Waals surface area (Å²) in [7, 11) is 0. The standard InChI is InChI=1S/C20H29NO3S/c1-3-4-5-6-7-8-12-21-20(24)10-9-19-17(11-13-25-19)15-18(23)14-16(2)22/h9-11,13H,3-8,12,14-15H2,1-2H3,(H,21,24). The average Bonchev–Trinajstić information content (AvgIpc) is 2.98. The third-order valence-corrected chi connectivity index (χ3v) is 4.75. The smallest absolute Gasteiger partial charge is 0.244 e. The first-order valence-electron chi connectivity index (χ1n) is 9.06. The van der Waals surface area contributed by atoms with Crippen molar-refractivity contribution < 1.29 is 14.4 Å². The number of amides is 1. The first-order chi connectivity index (χ1) is 12.0. The van der Waals surface area contributed by atoms with Gasteiger partial charge in [0.2, 0.25) is 5.91 Å². The number of unbranched alkanes of at least 4 members (excludes halogenated alkanes) is 5. The summed E-state index contributed by atoms with van der Waals surface area (Å²) in [6.45, 7) is 4.31. The van der Waals surface area contributed by atoms with Crippen LogP contribution in [-0.4, -0.2) is 24.0 Å². The summed E-state index contributed by atoms with van der Waals surface area (Å²) in [5, 5.41) is 4.78. The Balaban J connectivity index is 2.33. The van der Waals surface area contributed by atoms with Crippen LogP contribution in [0.4, 0.5) is 0 Å². The molecule has 0 bridgehead atoms. The van der Waals surface area contributed by atoms with Gasteiger partial charge < -0.3 is 5.32 Å². The summed E-state index contributed by atoms with van der Waals surface area (Å²) in [5.41, 5.74) is 0.872. The first-order valence-corrected chi connectivity index (χ1v) is 9.94. The fourth-order valence-corrected chi connectivity index (χ4v) is 3.34. The number of thiophene rings is 1. The molecule has 0 saturated carbocycles. The molecule has 0 atom stereocenters. The molecule has 1 aromatic heterocycles. The molecule has 138 valence electrons. The second kappa shape index (κ2) is 12.6. The molecule has 4 nitrogen and oxygen atoms in total. The number of hydrogen-bond acceptors (Lipinski definition) is 4. The maximum Gasteiger partial charge on any atom is 0.244 e. The van der Waals surface area contributed by atoms with Crippen molar-refractivity contribution in [2.24, 2.45) is 0 Å². The van der Waals surface area contributed by atoms with Gasteiger partial charge in [-0.25, -0.2) is 0 Å². The number of carbonyl (C=O) groups excluding carboxylic acids is 3. The predicted molar refractivity (Wildman–Crippen MR) is 104 cm³/mol. The SMILES string of the molecule is CCCCCCCCNC(=O)C=Cc1sccc1CC(=O)CC(C)=O. The van der Waals surface area contributed by atoms with Crippen LogP contribution >= 0.6 is 11.3 Å². The van der Waals surface area contributed by atoms with Crippen LogP contribution < -0.4 is 5.32 Å². The number of hydrogen-bond donors (Lipinski definition) is 1. The lowest BCUT2D eigenvalue weighted by Gasteiger charge is -2.02. The van der Waals surface area contributed by atoms with E-state index < -0.39 is 0 Å². The number of carbonyl (C=O) groups is 3. The average molecular weight is 364 g/mol. The Hall–Kier alpha value is -1.75. The molecule has 0 saturated heterocycles. The van der Waals surface area contributed by atoms with Crippen LogP contribution in [0.3, 0.4) is 0 Å². The minimum atomic E-state index is -0.119. The number of ketones is 2. The van der Waals surface area contributed by atoms with Crippen LogP contribution in [0.2, 0.25) is 0 Å². The summed E-state index contributed by atoms with van der Waals surface area (Å²) in [5.74, 6) is -0.317. The van der Waals surface area contributed by atoms with E-state index >= 15 is 0 Å². The molecule has 5 heteroatoms. The molecular weight excluding hydrogens is 334 g/mol. The normalized spacial score (nSPS) is 11.0. The molecule has 1 amide bonds. The van der Waals surface area contributed by atoms with Crippen molar-refractivity contribution >= 4 is 34.9 Å². The molecule has 0 fully saturated rings. The lowest BCUT2D eigenvalue weighted by Crippen LogP contribution is -2.21. The molecule has 0 spiro atoms. The van der Waals surface area contributed by atoms with Crippen molar-refractivity contribution in [2.75, 3.05) is 6.54 Å². The highest BCUT2D eigenvalue weighted by Crippen LogP contribution is 2.19. The highest BCUT2D eigenvalue weighted by atomic mass is 32.1. The number of nitrogens with one attached hydrogen (secondary N) is 1. The van der Waals surface area contributed by atoms with Gasteiger partial charge in [0, 0.05) is 23.9 Å². The van der Waals surface area contributed by atoms with Crippen molar-refractivity contribution in [3.63, 3.8) is 0 Å². The summed E-state index contributed by atoms with van der Waals surface area (Å²) in [6, 6.07) is 1.87. The van der Waals surface area contributed by atoms with E-state index in [1.807, 2.05) is 11.4 Å².